The number of amides is 3. The van der Waals surface area contributed by atoms with Gasteiger partial charge in [0.25, 0.3) is 5.91 Å². The molecule has 2 fully saturated rings. The minimum absolute atomic E-state index is 0.0499. The first-order valence-corrected chi connectivity index (χ1v) is 18.5. The minimum Gasteiger partial charge on any atom is -0.387 e. The third-order valence-electron chi connectivity index (χ3n) is 9.11. The van der Waals surface area contributed by atoms with E-state index >= 15 is 0 Å². The van der Waals surface area contributed by atoms with E-state index in [2.05, 4.69) is 20.5 Å². The summed E-state index contributed by atoms with van der Waals surface area (Å²) in [6.07, 6.45) is 2.35. The fraction of sp³-hybridized carbons (Fsp3) is 0.361. The van der Waals surface area contributed by atoms with Gasteiger partial charge in [-0.05, 0) is 61.2 Å². The van der Waals surface area contributed by atoms with Gasteiger partial charge in [0, 0.05) is 29.5 Å². The van der Waals surface area contributed by atoms with E-state index in [-0.39, 0.29) is 42.3 Å². The molecule has 1 spiro atoms. The van der Waals surface area contributed by atoms with Crippen LogP contribution in [-0.4, -0.2) is 72.8 Å². The predicted octanol–water partition coefficient (Wildman–Crippen LogP) is 3.80. The van der Waals surface area contributed by atoms with Crippen LogP contribution in [0, 0.1) is 5.82 Å². The second kappa shape index (κ2) is 14.9. The Kier molecular flexibility index (Phi) is 10.6. The summed E-state index contributed by atoms with van der Waals surface area (Å²) < 4.78 is 43.2. The molecule has 12 nitrogen and oxygen atoms in total. The molecule has 0 bridgehead atoms. The van der Waals surface area contributed by atoms with E-state index in [0.29, 0.717) is 22.7 Å². The summed E-state index contributed by atoms with van der Waals surface area (Å²) in [5.74, 6) is -3.69. The molecule has 2 aliphatic heterocycles. The number of likely N-dealkylation sites (tertiary alicyclic amines) is 1. The molecule has 15 heteroatoms. The normalized spacial score (nSPS) is 21.0. The van der Waals surface area contributed by atoms with Crippen LogP contribution >= 0.6 is 11.6 Å². The lowest BCUT2D eigenvalue weighted by Crippen LogP contribution is -2.54. The highest BCUT2D eigenvalue weighted by atomic mass is 35.5. The number of oxime groups is 1. The highest BCUT2D eigenvalue weighted by Crippen LogP contribution is 2.40. The van der Waals surface area contributed by atoms with Gasteiger partial charge in [0.1, 0.15) is 17.9 Å². The molecule has 3 aromatic rings. The van der Waals surface area contributed by atoms with Crippen LogP contribution in [0.25, 0.3) is 0 Å². The van der Waals surface area contributed by atoms with E-state index in [1.807, 2.05) is 6.92 Å². The SMILES string of the molecule is CCC[C@H](NC(=O)[C@@H]1C[C@]2(CC(c3cccc(Cl)c3)=NO2)CN1C(=O)C(NS(=O)(=O)c1ccc(F)cc1)c1ccccc1)C(=O)C(=O)NC1CC1. The van der Waals surface area contributed by atoms with Crippen LogP contribution in [0.15, 0.2) is 88.9 Å². The summed E-state index contributed by atoms with van der Waals surface area (Å²) in [4.78, 5) is 61.7. The highest BCUT2D eigenvalue weighted by molar-refractivity contribution is 7.89. The van der Waals surface area contributed by atoms with E-state index in [1.165, 1.54) is 4.90 Å². The lowest BCUT2D eigenvalue weighted by molar-refractivity contribution is -0.143. The van der Waals surface area contributed by atoms with Crippen LogP contribution in [0.4, 0.5) is 4.39 Å². The molecule has 4 atom stereocenters. The summed E-state index contributed by atoms with van der Waals surface area (Å²) in [6.45, 7) is 1.65. The number of carbonyl (C=O) groups is 4. The zero-order valence-electron chi connectivity index (χ0n) is 27.7. The molecule has 1 unspecified atom stereocenters. The molecule has 0 radical (unpaired) electrons. The first-order chi connectivity index (χ1) is 24.4. The molecular formula is C36H37ClFN5O7S. The summed E-state index contributed by atoms with van der Waals surface area (Å²) in [7, 11) is -4.39. The highest BCUT2D eigenvalue weighted by Gasteiger charge is 2.55. The number of hydrogen-bond donors (Lipinski definition) is 3. The van der Waals surface area contributed by atoms with Crippen molar-refractivity contribution in [2.45, 2.75) is 80.1 Å². The van der Waals surface area contributed by atoms with E-state index in [9.17, 15) is 32.0 Å². The van der Waals surface area contributed by atoms with Gasteiger partial charge in [-0.25, -0.2) is 12.8 Å². The molecule has 3 aromatic carbocycles. The van der Waals surface area contributed by atoms with Crippen molar-refractivity contribution in [1.82, 2.24) is 20.3 Å². The van der Waals surface area contributed by atoms with Crippen molar-refractivity contribution < 1.29 is 36.8 Å². The Morgan fingerprint density at radius 2 is 1.76 bits per heavy atom. The monoisotopic (exact) mass is 737 g/mol. The van der Waals surface area contributed by atoms with Crippen LogP contribution in [0.3, 0.4) is 0 Å². The second-order valence-electron chi connectivity index (χ2n) is 13.1. The third-order valence-corrected chi connectivity index (χ3v) is 10.8. The first kappa shape index (κ1) is 36.1. The molecule has 1 aliphatic carbocycles. The van der Waals surface area contributed by atoms with E-state index in [1.54, 1.807) is 54.6 Å². The van der Waals surface area contributed by atoms with Gasteiger partial charge in [-0.1, -0.05) is 72.6 Å². The number of carbonyl (C=O) groups excluding carboxylic acids is 4. The predicted molar refractivity (Wildman–Crippen MR) is 185 cm³/mol. The molecule has 1 saturated heterocycles. The summed E-state index contributed by atoms with van der Waals surface area (Å²) in [5, 5.41) is 10.1. The molecular weight excluding hydrogens is 701 g/mol. The minimum atomic E-state index is -4.39. The Balaban J connectivity index is 1.32. The maximum Gasteiger partial charge on any atom is 0.289 e. The fourth-order valence-corrected chi connectivity index (χ4v) is 7.70. The number of sulfonamides is 1. The van der Waals surface area contributed by atoms with Crippen LogP contribution in [0.1, 0.15) is 62.6 Å². The quantitative estimate of drug-likeness (QED) is 0.225. The largest absolute Gasteiger partial charge is 0.387 e. The fourth-order valence-electron chi connectivity index (χ4n) is 6.33. The zero-order chi connectivity index (χ0) is 36.3. The van der Waals surface area contributed by atoms with Gasteiger partial charge < -0.3 is 20.4 Å². The lowest BCUT2D eigenvalue weighted by atomic mass is 9.91. The van der Waals surface area contributed by atoms with Crippen molar-refractivity contribution in [2.24, 2.45) is 5.16 Å². The molecule has 3 N–H and O–H groups in total. The number of nitrogens with one attached hydrogen (secondary N) is 3. The Hall–Kier alpha value is -4.66. The number of Topliss-reactive ketones (excluding diaryl/α,β-unsaturated/α-hetero) is 1. The zero-order valence-corrected chi connectivity index (χ0v) is 29.3. The average Bonchev–Trinajstić information content (AvgIpc) is 3.71. The van der Waals surface area contributed by atoms with E-state index in [0.717, 1.165) is 37.1 Å². The number of nitrogens with zero attached hydrogens (tertiary/aromatic N) is 2. The smallest absolute Gasteiger partial charge is 0.289 e. The van der Waals surface area contributed by atoms with Gasteiger partial charge >= 0.3 is 0 Å². The topological polar surface area (TPSA) is 163 Å². The van der Waals surface area contributed by atoms with Gasteiger partial charge in [-0.2, -0.15) is 4.72 Å². The molecule has 268 valence electrons. The van der Waals surface area contributed by atoms with Crippen molar-refractivity contribution in [1.29, 1.82) is 0 Å². The molecule has 2 heterocycles. The third kappa shape index (κ3) is 8.29. The van der Waals surface area contributed by atoms with Crippen LogP contribution in [-0.2, 0) is 34.0 Å². The number of ketones is 1. The van der Waals surface area contributed by atoms with Crippen molar-refractivity contribution >= 4 is 50.8 Å². The number of hydrogen-bond acceptors (Lipinski definition) is 8. The van der Waals surface area contributed by atoms with Crippen LogP contribution in [0.5, 0.6) is 0 Å². The molecule has 1 saturated carbocycles. The van der Waals surface area contributed by atoms with Gasteiger partial charge in [-0.15, -0.1) is 0 Å². The lowest BCUT2D eigenvalue weighted by Gasteiger charge is -2.29. The Labute approximate surface area is 299 Å². The standard InChI is InChI=1S/C36H37ClFN5O7S/c1-2-7-28(32(44)34(46)39-26-14-15-26)40-33(45)30-20-36(19-29(41-50-36)23-10-6-11-24(37)18-23)21-43(30)35(47)31(22-8-4-3-5-9-22)42-51(48,49)27-16-12-25(38)13-17-27/h3-6,8-13,16-18,26,28,30-31,42H,2,7,14-15,19-21H2,1H3,(H,39,46)(H,40,45)/t28-,30-,31?,36+/m0/s1. The van der Waals surface area contributed by atoms with Crippen LogP contribution in [0.2, 0.25) is 5.02 Å². The van der Waals surface area contributed by atoms with Crippen molar-refractivity contribution in [3.8, 4) is 0 Å². The molecule has 3 aliphatic rings. The molecule has 51 heavy (non-hydrogen) atoms. The van der Waals surface area contributed by atoms with Gasteiger partial charge in [0.05, 0.1) is 23.2 Å². The number of rotatable bonds is 13. The summed E-state index contributed by atoms with van der Waals surface area (Å²) >= 11 is 6.22. The number of halogens is 2. The summed E-state index contributed by atoms with van der Waals surface area (Å²) in [5.41, 5.74) is 0.334. The average molecular weight is 738 g/mol. The van der Waals surface area contributed by atoms with Crippen LogP contribution < -0.4 is 15.4 Å². The van der Waals surface area contributed by atoms with E-state index in [4.69, 9.17) is 16.4 Å². The van der Waals surface area contributed by atoms with Crippen molar-refractivity contribution in [3.05, 3.63) is 101 Å². The molecule has 0 aromatic heterocycles. The van der Waals surface area contributed by atoms with Gasteiger partial charge in [0.15, 0.2) is 5.60 Å². The van der Waals surface area contributed by atoms with Gasteiger partial charge in [-0.3, -0.25) is 19.2 Å². The van der Waals surface area contributed by atoms with Gasteiger partial charge in [0.2, 0.25) is 27.6 Å². The first-order valence-electron chi connectivity index (χ1n) is 16.7. The Morgan fingerprint density at radius 1 is 1.04 bits per heavy atom. The second-order valence-corrected chi connectivity index (χ2v) is 15.2. The molecule has 3 amide bonds. The number of benzene rings is 3. The maximum absolute atomic E-state index is 14.7. The van der Waals surface area contributed by atoms with E-state index < -0.39 is 63.1 Å². The maximum atomic E-state index is 14.7. The molecule has 6 rings (SSSR count). The van der Waals surface area contributed by atoms with Crippen molar-refractivity contribution in [2.75, 3.05) is 6.54 Å². The van der Waals surface area contributed by atoms with Crippen molar-refractivity contribution in [3.63, 3.8) is 0 Å². The Bertz CT molecular complexity index is 1960. The summed E-state index contributed by atoms with van der Waals surface area (Å²) in [6, 6.07) is 15.3. The Morgan fingerprint density at radius 3 is 2.43 bits per heavy atom.